The van der Waals surface area contributed by atoms with E-state index < -0.39 is 0 Å². The summed E-state index contributed by atoms with van der Waals surface area (Å²) in [7, 11) is 0. The lowest BCUT2D eigenvalue weighted by atomic mass is 10.1. The van der Waals surface area contributed by atoms with Crippen molar-refractivity contribution in [3.05, 3.63) is 23.8 Å². The predicted octanol–water partition coefficient (Wildman–Crippen LogP) is 2.38. The Hall–Kier alpha value is -1.18. The topological polar surface area (TPSA) is 24.7 Å². The van der Waals surface area contributed by atoms with Gasteiger partial charge in [-0.1, -0.05) is 17.7 Å². The molecule has 1 aliphatic rings. The molecule has 2 nitrogen and oxygen atoms in total. The van der Waals surface area contributed by atoms with E-state index in [2.05, 4.69) is 29.1 Å². The first-order valence-electron chi connectivity index (χ1n) is 4.14. The van der Waals surface area contributed by atoms with E-state index in [1.807, 2.05) is 19.9 Å². The summed E-state index contributed by atoms with van der Waals surface area (Å²) in [6.45, 7) is 6.13. The first-order chi connectivity index (χ1) is 5.74. The average Bonchev–Trinajstić information content (AvgIpc) is 2.47. The fraction of sp³-hybridized carbons (Fsp3) is 0.400. The second-order valence-electron chi connectivity index (χ2n) is 2.86. The van der Waals surface area contributed by atoms with Crippen LogP contribution in [0.2, 0.25) is 0 Å². The maximum atomic E-state index is 4.13. The van der Waals surface area contributed by atoms with Crippen molar-refractivity contribution in [1.29, 1.82) is 0 Å². The zero-order valence-electron chi connectivity index (χ0n) is 7.78. The summed E-state index contributed by atoms with van der Waals surface area (Å²) in [5, 5.41) is 0. The Balaban J connectivity index is 2.59. The van der Waals surface area contributed by atoms with Crippen molar-refractivity contribution in [2.75, 3.05) is 0 Å². The molecule has 0 unspecified atom stereocenters. The van der Waals surface area contributed by atoms with Gasteiger partial charge in [0.05, 0.1) is 11.8 Å². The van der Waals surface area contributed by atoms with Gasteiger partial charge in [0.2, 0.25) is 0 Å². The quantitative estimate of drug-likeness (QED) is 0.557. The van der Waals surface area contributed by atoms with Crippen LogP contribution in [0.3, 0.4) is 0 Å². The van der Waals surface area contributed by atoms with Gasteiger partial charge in [0.25, 0.3) is 0 Å². The molecule has 2 heteroatoms. The molecule has 0 radical (unpaired) electrons. The van der Waals surface area contributed by atoms with Gasteiger partial charge in [0.1, 0.15) is 6.34 Å². The summed E-state index contributed by atoms with van der Waals surface area (Å²) < 4.78 is 0. The molecule has 1 atom stereocenters. The number of hydrogen-bond acceptors (Lipinski definition) is 2. The predicted molar refractivity (Wildman–Crippen MR) is 54.0 cm³/mol. The number of hydrogen-bond donors (Lipinski definition) is 0. The van der Waals surface area contributed by atoms with Crippen LogP contribution in [0.5, 0.6) is 0 Å². The number of aliphatic imine (C=N–C) groups is 2. The zero-order chi connectivity index (χ0) is 8.97. The van der Waals surface area contributed by atoms with E-state index in [9.17, 15) is 0 Å². The van der Waals surface area contributed by atoms with Crippen LogP contribution in [0.4, 0.5) is 0 Å². The minimum Gasteiger partial charge on any atom is -0.264 e. The maximum Gasteiger partial charge on any atom is 0.111 e. The Morgan fingerprint density at radius 1 is 1.58 bits per heavy atom. The molecule has 1 rings (SSSR count). The second-order valence-corrected chi connectivity index (χ2v) is 2.86. The van der Waals surface area contributed by atoms with Gasteiger partial charge < -0.3 is 0 Å². The molecule has 0 saturated heterocycles. The molecule has 0 bridgehead atoms. The standard InChI is InChI=1S/C10H14N2/c1-4-8(2)5-6-10-9(3)11-7-12-10/h4-7,9H,1-3H3/b6-5-,8-4-/t9-/m0/s1. The molecule has 64 valence electrons. The normalized spacial score (nSPS) is 23.8. The third-order valence-electron chi connectivity index (χ3n) is 1.90. The molecule has 0 saturated carbocycles. The molecule has 0 amide bonds. The first-order valence-corrected chi connectivity index (χ1v) is 4.14. The molecule has 12 heavy (non-hydrogen) atoms. The van der Waals surface area contributed by atoms with E-state index in [4.69, 9.17) is 0 Å². The van der Waals surface area contributed by atoms with Crippen LogP contribution in [0.15, 0.2) is 33.8 Å². The lowest BCUT2D eigenvalue weighted by Crippen LogP contribution is -2.06. The number of rotatable bonds is 2. The van der Waals surface area contributed by atoms with Gasteiger partial charge in [-0.05, 0) is 26.8 Å². The molecule has 0 aliphatic carbocycles. The van der Waals surface area contributed by atoms with Crippen molar-refractivity contribution in [3.63, 3.8) is 0 Å². The smallest absolute Gasteiger partial charge is 0.111 e. The van der Waals surface area contributed by atoms with Gasteiger partial charge in [-0.3, -0.25) is 4.99 Å². The summed E-state index contributed by atoms with van der Waals surface area (Å²) in [6.07, 6.45) is 7.77. The fourth-order valence-electron chi connectivity index (χ4n) is 0.880. The Bertz CT molecular complexity index is 270. The summed E-state index contributed by atoms with van der Waals surface area (Å²) in [4.78, 5) is 8.26. The van der Waals surface area contributed by atoms with Crippen LogP contribution in [-0.4, -0.2) is 18.1 Å². The summed E-state index contributed by atoms with van der Waals surface area (Å²) in [5.74, 6) is 0. The molecular weight excluding hydrogens is 148 g/mol. The molecular formula is C10H14N2. The third-order valence-corrected chi connectivity index (χ3v) is 1.90. The lowest BCUT2D eigenvalue weighted by molar-refractivity contribution is 1.01. The van der Waals surface area contributed by atoms with E-state index in [1.165, 1.54) is 5.57 Å². The monoisotopic (exact) mass is 162 g/mol. The Labute approximate surface area is 73.4 Å². The lowest BCUT2D eigenvalue weighted by Gasteiger charge is -1.97. The zero-order valence-corrected chi connectivity index (χ0v) is 7.78. The van der Waals surface area contributed by atoms with Crippen LogP contribution in [0.25, 0.3) is 0 Å². The summed E-state index contributed by atoms with van der Waals surface area (Å²) in [5.41, 5.74) is 2.29. The van der Waals surface area contributed by atoms with Crippen LogP contribution < -0.4 is 0 Å². The van der Waals surface area contributed by atoms with Gasteiger partial charge in [-0.2, -0.15) is 0 Å². The molecule has 0 N–H and O–H groups in total. The SMILES string of the molecule is C/C=C(C)\C=C/C1=NC=N[C@H]1C. The Morgan fingerprint density at radius 3 is 2.83 bits per heavy atom. The summed E-state index contributed by atoms with van der Waals surface area (Å²) >= 11 is 0. The molecule has 0 spiro atoms. The molecule has 0 aromatic rings. The fourth-order valence-corrected chi connectivity index (χ4v) is 0.880. The number of allylic oxidation sites excluding steroid dienone is 3. The molecule has 0 aromatic heterocycles. The Morgan fingerprint density at radius 2 is 2.33 bits per heavy atom. The Kier molecular flexibility index (Phi) is 2.97. The highest BCUT2D eigenvalue weighted by atomic mass is 15.0. The largest absolute Gasteiger partial charge is 0.264 e. The minimum atomic E-state index is 0.228. The van der Waals surface area contributed by atoms with Gasteiger partial charge in [-0.15, -0.1) is 0 Å². The summed E-state index contributed by atoms with van der Waals surface area (Å²) in [6, 6.07) is 0.228. The van der Waals surface area contributed by atoms with Crippen LogP contribution in [0, 0.1) is 0 Å². The van der Waals surface area contributed by atoms with E-state index >= 15 is 0 Å². The van der Waals surface area contributed by atoms with Crippen molar-refractivity contribution in [2.45, 2.75) is 26.8 Å². The molecule has 1 heterocycles. The van der Waals surface area contributed by atoms with E-state index in [0.717, 1.165) is 5.71 Å². The van der Waals surface area contributed by atoms with Crippen LogP contribution >= 0.6 is 0 Å². The van der Waals surface area contributed by atoms with Gasteiger partial charge in [0, 0.05) is 0 Å². The van der Waals surface area contributed by atoms with Crippen LogP contribution in [-0.2, 0) is 0 Å². The highest BCUT2D eigenvalue weighted by Crippen LogP contribution is 2.03. The first kappa shape index (κ1) is 8.91. The van der Waals surface area contributed by atoms with Crippen molar-refractivity contribution in [3.8, 4) is 0 Å². The van der Waals surface area contributed by atoms with E-state index in [1.54, 1.807) is 6.34 Å². The van der Waals surface area contributed by atoms with Gasteiger partial charge in [-0.25, -0.2) is 4.99 Å². The third kappa shape index (κ3) is 2.16. The van der Waals surface area contributed by atoms with E-state index in [-0.39, 0.29) is 6.04 Å². The van der Waals surface area contributed by atoms with Gasteiger partial charge in [0.15, 0.2) is 0 Å². The van der Waals surface area contributed by atoms with Crippen molar-refractivity contribution in [2.24, 2.45) is 9.98 Å². The second kappa shape index (κ2) is 4.00. The van der Waals surface area contributed by atoms with Crippen molar-refractivity contribution < 1.29 is 0 Å². The number of nitrogens with zero attached hydrogens (tertiary/aromatic N) is 2. The molecule has 0 aromatic carbocycles. The molecule has 1 aliphatic heterocycles. The van der Waals surface area contributed by atoms with Crippen molar-refractivity contribution in [1.82, 2.24) is 0 Å². The highest BCUT2D eigenvalue weighted by molar-refractivity contribution is 6.06. The highest BCUT2D eigenvalue weighted by Gasteiger charge is 2.07. The average molecular weight is 162 g/mol. The molecule has 0 fully saturated rings. The van der Waals surface area contributed by atoms with E-state index in [0.29, 0.717) is 0 Å². The minimum absolute atomic E-state index is 0.228. The van der Waals surface area contributed by atoms with Gasteiger partial charge >= 0.3 is 0 Å². The van der Waals surface area contributed by atoms with Crippen LogP contribution in [0.1, 0.15) is 20.8 Å². The maximum absolute atomic E-state index is 4.13. The van der Waals surface area contributed by atoms with Crippen molar-refractivity contribution >= 4 is 12.1 Å².